The molecule has 0 spiro atoms. The van der Waals surface area contributed by atoms with Crippen molar-refractivity contribution < 1.29 is 20.4 Å². The Hall–Kier alpha value is -0.160. The molecule has 4 aliphatic rings. The molecule has 0 saturated heterocycles. The van der Waals surface area contributed by atoms with Crippen LogP contribution in [0.5, 0.6) is 0 Å². The Kier molecular flexibility index (Phi) is 5.66. The summed E-state index contributed by atoms with van der Waals surface area (Å²) in [4.78, 5) is 0. The van der Waals surface area contributed by atoms with E-state index < -0.39 is 0 Å². The smallest absolute Gasteiger partial charge is 0.0602 e. The minimum Gasteiger partial charge on any atom is -0.396 e. The fourth-order valence-electron chi connectivity index (χ4n) is 8.75. The van der Waals surface area contributed by atoms with Gasteiger partial charge in [-0.3, -0.25) is 0 Å². The van der Waals surface area contributed by atoms with Crippen LogP contribution in [0.15, 0.2) is 0 Å². The lowest BCUT2D eigenvalue weighted by Crippen LogP contribution is -2.62. The maximum Gasteiger partial charge on any atom is 0.0602 e. The van der Waals surface area contributed by atoms with Crippen molar-refractivity contribution in [2.24, 2.45) is 46.3 Å². The molecule has 0 aromatic carbocycles. The Labute approximate surface area is 170 Å². The average Bonchev–Trinajstić information content (AvgIpc) is 3.01. The molecule has 28 heavy (non-hydrogen) atoms. The summed E-state index contributed by atoms with van der Waals surface area (Å²) in [5.74, 6) is 2.41. The predicted octanol–water partition coefficient (Wildman–Crippen LogP) is 3.36. The van der Waals surface area contributed by atoms with E-state index >= 15 is 0 Å². The Morgan fingerprint density at radius 3 is 2.43 bits per heavy atom. The topological polar surface area (TPSA) is 80.9 Å². The van der Waals surface area contributed by atoms with E-state index in [1.165, 1.54) is 0 Å². The van der Waals surface area contributed by atoms with Gasteiger partial charge < -0.3 is 20.4 Å². The van der Waals surface area contributed by atoms with E-state index in [4.69, 9.17) is 0 Å². The van der Waals surface area contributed by atoms with Crippen LogP contribution >= 0.6 is 0 Å². The monoisotopic (exact) mass is 394 g/mol. The molecule has 0 aromatic heterocycles. The van der Waals surface area contributed by atoms with Crippen LogP contribution < -0.4 is 0 Å². The van der Waals surface area contributed by atoms with Gasteiger partial charge in [-0.2, -0.15) is 0 Å². The second-order valence-electron chi connectivity index (χ2n) is 11.4. The first-order chi connectivity index (χ1) is 13.2. The van der Waals surface area contributed by atoms with Crippen molar-refractivity contribution in [1.29, 1.82) is 0 Å². The Balaban J connectivity index is 1.62. The van der Waals surface area contributed by atoms with Crippen molar-refractivity contribution >= 4 is 0 Å². The third kappa shape index (κ3) is 3.01. The highest BCUT2D eigenvalue weighted by Crippen LogP contribution is 2.68. The van der Waals surface area contributed by atoms with Crippen LogP contribution in [-0.2, 0) is 0 Å². The summed E-state index contributed by atoms with van der Waals surface area (Å²) in [6, 6.07) is 0. The lowest BCUT2D eigenvalue weighted by molar-refractivity contribution is -0.207. The van der Waals surface area contributed by atoms with E-state index in [0.717, 1.165) is 57.8 Å². The first-order valence-electron chi connectivity index (χ1n) is 11.9. The first-order valence-corrected chi connectivity index (χ1v) is 11.9. The Morgan fingerprint density at radius 2 is 1.71 bits per heavy atom. The highest BCUT2D eigenvalue weighted by atomic mass is 16.3. The van der Waals surface area contributed by atoms with Crippen molar-refractivity contribution in [2.75, 3.05) is 6.61 Å². The molecule has 4 fully saturated rings. The van der Waals surface area contributed by atoms with Crippen molar-refractivity contribution in [3.63, 3.8) is 0 Å². The molecule has 4 heteroatoms. The minimum absolute atomic E-state index is 0.117. The van der Waals surface area contributed by atoms with Gasteiger partial charge in [0.15, 0.2) is 0 Å². The van der Waals surface area contributed by atoms with Gasteiger partial charge in [0.2, 0.25) is 0 Å². The zero-order chi connectivity index (χ0) is 20.3. The zero-order valence-electron chi connectivity index (χ0n) is 18.1. The second-order valence-corrected chi connectivity index (χ2v) is 11.4. The molecule has 4 rings (SSSR count). The molecule has 0 amide bonds. The van der Waals surface area contributed by atoms with E-state index in [1.807, 2.05) is 0 Å². The summed E-state index contributed by atoms with van der Waals surface area (Å²) in [5.41, 5.74) is 0.0282. The van der Waals surface area contributed by atoms with Gasteiger partial charge in [-0.05, 0) is 104 Å². The molecule has 4 N–H and O–H groups in total. The summed E-state index contributed by atoms with van der Waals surface area (Å²) in [5, 5.41) is 42.2. The van der Waals surface area contributed by atoms with Gasteiger partial charge in [0.1, 0.15) is 0 Å². The molecule has 0 heterocycles. The van der Waals surface area contributed by atoms with E-state index in [1.54, 1.807) is 0 Å². The number of fused-ring (bicyclic) bond motifs is 5. The standard InChI is InChI=1S/C24H42O4/c1-14(5-4-10-25)17-6-7-18-22-19(13-21(28)24(17,18)3)23(2)9-8-16(26)11-15(23)12-20(22)27/h14-22,25-28H,4-13H2,1-3H3/t14?,15-,16?,17?,18-,19-,20?,21?,22?,23?,24?/m0/s1. The van der Waals surface area contributed by atoms with Gasteiger partial charge in [-0.1, -0.05) is 20.8 Å². The summed E-state index contributed by atoms with van der Waals surface area (Å²) in [7, 11) is 0. The SMILES string of the molecule is CC(CCCO)C1CC[C@H]2C3C(O)C[C@@H]4CC(O)CCC4(C)[C@H]3CC(O)C12C. The molecule has 11 atom stereocenters. The van der Waals surface area contributed by atoms with Crippen LogP contribution in [0.3, 0.4) is 0 Å². The summed E-state index contributed by atoms with van der Waals surface area (Å²) < 4.78 is 0. The highest BCUT2D eigenvalue weighted by Gasteiger charge is 2.65. The van der Waals surface area contributed by atoms with Gasteiger partial charge in [0.05, 0.1) is 18.3 Å². The molecule has 162 valence electrons. The highest BCUT2D eigenvalue weighted by molar-refractivity contribution is 5.14. The molecule has 0 aliphatic heterocycles. The molecular formula is C24H42O4. The Morgan fingerprint density at radius 1 is 0.964 bits per heavy atom. The number of hydrogen-bond acceptors (Lipinski definition) is 4. The van der Waals surface area contributed by atoms with Gasteiger partial charge in [0.25, 0.3) is 0 Å². The number of aliphatic hydroxyl groups is 4. The fraction of sp³-hybridized carbons (Fsp3) is 1.00. The molecule has 4 saturated carbocycles. The summed E-state index contributed by atoms with van der Waals surface area (Å²) in [6.07, 6.45) is 7.62. The lowest BCUT2D eigenvalue weighted by Gasteiger charge is -2.63. The third-order valence-corrected chi connectivity index (χ3v) is 10.3. The largest absolute Gasteiger partial charge is 0.396 e. The zero-order valence-corrected chi connectivity index (χ0v) is 18.1. The molecule has 0 bridgehead atoms. The van der Waals surface area contributed by atoms with E-state index in [0.29, 0.717) is 35.5 Å². The van der Waals surface area contributed by atoms with Crippen molar-refractivity contribution in [3.8, 4) is 0 Å². The van der Waals surface area contributed by atoms with Crippen molar-refractivity contribution in [2.45, 2.75) is 96.9 Å². The molecule has 0 aromatic rings. The third-order valence-electron chi connectivity index (χ3n) is 10.3. The van der Waals surface area contributed by atoms with Crippen LogP contribution in [0.1, 0.15) is 78.6 Å². The van der Waals surface area contributed by atoms with E-state index in [-0.39, 0.29) is 35.7 Å². The predicted molar refractivity (Wildman–Crippen MR) is 109 cm³/mol. The molecule has 4 aliphatic carbocycles. The minimum atomic E-state index is -0.308. The Bertz CT molecular complexity index is 567. The summed E-state index contributed by atoms with van der Waals surface area (Å²) >= 11 is 0. The normalized spacial score (nSPS) is 54.5. The van der Waals surface area contributed by atoms with Crippen LogP contribution in [0.25, 0.3) is 0 Å². The second kappa shape index (κ2) is 7.51. The number of hydrogen-bond donors (Lipinski definition) is 4. The molecule has 4 nitrogen and oxygen atoms in total. The number of aliphatic hydroxyl groups excluding tert-OH is 4. The fourth-order valence-corrected chi connectivity index (χ4v) is 8.75. The molecule has 8 unspecified atom stereocenters. The summed E-state index contributed by atoms with van der Waals surface area (Å²) in [6.45, 7) is 7.23. The van der Waals surface area contributed by atoms with Gasteiger partial charge in [0, 0.05) is 6.61 Å². The van der Waals surface area contributed by atoms with Crippen LogP contribution in [0.2, 0.25) is 0 Å². The average molecular weight is 395 g/mol. The quantitative estimate of drug-likeness (QED) is 0.589. The molecule has 0 radical (unpaired) electrons. The van der Waals surface area contributed by atoms with Gasteiger partial charge >= 0.3 is 0 Å². The van der Waals surface area contributed by atoms with E-state index in [9.17, 15) is 20.4 Å². The first kappa shape index (κ1) is 21.1. The van der Waals surface area contributed by atoms with Crippen molar-refractivity contribution in [3.05, 3.63) is 0 Å². The van der Waals surface area contributed by atoms with Gasteiger partial charge in [-0.15, -0.1) is 0 Å². The van der Waals surface area contributed by atoms with Crippen LogP contribution in [0.4, 0.5) is 0 Å². The van der Waals surface area contributed by atoms with Crippen LogP contribution in [0, 0.1) is 46.3 Å². The number of rotatable bonds is 4. The van der Waals surface area contributed by atoms with Crippen LogP contribution in [-0.4, -0.2) is 45.3 Å². The van der Waals surface area contributed by atoms with Gasteiger partial charge in [-0.25, -0.2) is 0 Å². The maximum absolute atomic E-state index is 11.5. The lowest BCUT2D eigenvalue weighted by atomic mass is 9.43. The maximum atomic E-state index is 11.5. The molecular weight excluding hydrogens is 352 g/mol. The van der Waals surface area contributed by atoms with E-state index in [2.05, 4.69) is 20.8 Å². The van der Waals surface area contributed by atoms with Crippen molar-refractivity contribution in [1.82, 2.24) is 0 Å².